The van der Waals surface area contributed by atoms with Gasteiger partial charge < -0.3 is 5.32 Å². The number of hydrogen-bond acceptors (Lipinski definition) is 2. The highest BCUT2D eigenvalue weighted by molar-refractivity contribution is 6.05. The molecule has 0 radical (unpaired) electrons. The highest BCUT2D eigenvalue weighted by Gasteiger charge is 2.18. The molecular formula is C28H26N2O. The van der Waals surface area contributed by atoms with Gasteiger partial charge in [0, 0.05) is 24.2 Å². The molecule has 1 aliphatic rings. The lowest BCUT2D eigenvalue weighted by Gasteiger charge is -2.22. The predicted molar refractivity (Wildman–Crippen MR) is 127 cm³/mol. The molecule has 0 fully saturated rings. The highest BCUT2D eigenvalue weighted by atomic mass is 16.2. The number of benzene rings is 4. The monoisotopic (exact) mass is 406 g/mol. The van der Waals surface area contributed by atoms with Crippen LogP contribution in [0, 0.1) is 0 Å². The maximum atomic E-state index is 13.1. The molecule has 0 atom stereocenters. The maximum absolute atomic E-state index is 13.1. The zero-order chi connectivity index (χ0) is 21.0. The van der Waals surface area contributed by atoms with Crippen molar-refractivity contribution in [1.29, 1.82) is 0 Å². The lowest BCUT2D eigenvalue weighted by molar-refractivity contribution is -0.117. The van der Waals surface area contributed by atoms with Crippen molar-refractivity contribution < 1.29 is 4.79 Å². The van der Waals surface area contributed by atoms with E-state index in [1.54, 1.807) is 0 Å². The van der Waals surface area contributed by atoms with E-state index in [4.69, 9.17) is 0 Å². The SMILES string of the molecule is O=C(CN(Cc1ccccc1)Cc1ccccc1)Nc1ccc2c3c(cccc13)CC2. The first kappa shape index (κ1) is 19.5. The van der Waals surface area contributed by atoms with Crippen LogP contribution in [-0.2, 0) is 30.7 Å². The van der Waals surface area contributed by atoms with Crippen LogP contribution in [0.2, 0.25) is 0 Å². The van der Waals surface area contributed by atoms with Crippen LogP contribution in [0.3, 0.4) is 0 Å². The molecule has 0 heterocycles. The number of carbonyl (C=O) groups excluding carboxylic acids is 1. The average Bonchev–Trinajstić information content (AvgIpc) is 3.22. The van der Waals surface area contributed by atoms with Crippen LogP contribution < -0.4 is 5.32 Å². The highest BCUT2D eigenvalue weighted by Crippen LogP contribution is 2.35. The first-order valence-electron chi connectivity index (χ1n) is 10.9. The molecule has 0 saturated heterocycles. The number of hydrogen-bond donors (Lipinski definition) is 1. The van der Waals surface area contributed by atoms with E-state index in [-0.39, 0.29) is 5.91 Å². The molecule has 0 bridgehead atoms. The van der Waals surface area contributed by atoms with Crippen molar-refractivity contribution in [3.8, 4) is 0 Å². The Bertz CT molecular complexity index is 1150. The molecule has 3 heteroatoms. The van der Waals surface area contributed by atoms with Gasteiger partial charge in [0.05, 0.1) is 6.54 Å². The summed E-state index contributed by atoms with van der Waals surface area (Å²) in [4.78, 5) is 15.3. The minimum absolute atomic E-state index is 0.0190. The third-order valence-electron chi connectivity index (χ3n) is 6.02. The largest absolute Gasteiger partial charge is 0.324 e. The second-order valence-corrected chi connectivity index (χ2v) is 8.28. The van der Waals surface area contributed by atoms with Crippen LogP contribution in [0.1, 0.15) is 22.3 Å². The normalized spacial score (nSPS) is 12.4. The molecule has 4 aromatic carbocycles. The summed E-state index contributed by atoms with van der Waals surface area (Å²) in [6.07, 6.45) is 2.18. The maximum Gasteiger partial charge on any atom is 0.238 e. The number of aryl methyl sites for hydroxylation is 2. The second kappa shape index (κ2) is 8.75. The Morgan fingerprint density at radius 2 is 1.32 bits per heavy atom. The van der Waals surface area contributed by atoms with E-state index >= 15 is 0 Å². The van der Waals surface area contributed by atoms with Gasteiger partial charge in [-0.05, 0) is 46.5 Å². The van der Waals surface area contributed by atoms with Gasteiger partial charge in [0.1, 0.15) is 0 Å². The fourth-order valence-corrected chi connectivity index (χ4v) is 4.60. The number of amides is 1. The minimum atomic E-state index is 0.0190. The van der Waals surface area contributed by atoms with Crippen molar-refractivity contribution in [2.75, 3.05) is 11.9 Å². The van der Waals surface area contributed by atoms with Crippen molar-refractivity contribution in [2.24, 2.45) is 0 Å². The van der Waals surface area contributed by atoms with E-state index in [9.17, 15) is 4.79 Å². The molecule has 154 valence electrons. The number of nitrogens with zero attached hydrogens (tertiary/aromatic N) is 1. The Balaban J connectivity index is 1.35. The molecule has 4 aromatic rings. The summed E-state index contributed by atoms with van der Waals surface area (Å²) in [5.41, 5.74) is 6.09. The lowest BCUT2D eigenvalue weighted by Crippen LogP contribution is -2.32. The third kappa shape index (κ3) is 4.37. The quantitative estimate of drug-likeness (QED) is 0.435. The predicted octanol–water partition coefficient (Wildman–Crippen LogP) is 5.58. The van der Waals surface area contributed by atoms with Gasteiger partial charge in [-0.3, -0.25) is 9.69 Å². The van der Waals surface area contributed by atoms with Crippen molar-refractivity contribution in [1.82, 2.24) is 4.90 Å². The van der Waals surface area contributed by atoms with Crippen molar-refractivity contribution in [2.45, 2.75) is 25.9 Å². The Hall–Kier alpha value is -3.43. The molecular weight excluding hydrogens is 380 g/mol. The van der Waals surface area contributed by atoms with Gasteiger partial charge in [-0.2, -0.15) is 0 Å². The molecule has 0 aliphatic heterocycles. The van der Waals surface area contributed by atoms with Crippen LogP contribution in [0.15, 0.2) is 91.0 Å². The van der Waals surface area contributed by atoms with E-state index in [0.29, 0.717) is 6.54 Å². The minimum Gasteiger partial charge on any atom is -0.324 e. The second-order valence-electron chi connectivity index (χ2n) is 8.28. The first-order chi connectivity index (χ1) is 15.3. The fourth-order valence-electron chi connectivity index (χ4n) is 4.60. The standard InChI is InChI=1S/C28H26N2O/c31-27(29-26-17-16-24-15-14-23-12-7-13-25(26)28(23)24)20-30(18-21-8-3-1-4-9-21)19-22-10-5-2-6-11-22/h1-13,16-17H,14-15,18-20H2,(H,29,31). The molecule has 31 heavy (non-hydrogen) atoms. The molecule has 1 N–H and O–H groups in total. The van der Waals surface area contributed by atoms with Crippen LogP contribution >= 0.6 is 0 Å². The Morgan fingerprint density at radius 1 is 0.710 bits per heavy atom. The molecule has 5 rings (SSSR count). The number of nitrogens with one attached hydrogen (secondary N) is 1. The van der Waals surface area contributed by atoms with Gasteiger partial charge in [-0.1, -0.05) is 84.9 Å². The summed E-state index contributed by atoms with van der Waals surface area (Å²) >= 11 is 0. The first-order valence-corrected chi connectivity index (χ1v) is 10.9. The zero-order valence-electron chi connectivity index (χ0n) is 17.6. The summed E-state index contributed by atoms with van der Waals surface area (Å²) < 4.78 is 0. The summed E-state index contributed by atoms with van der Waals surface area (Å²) in [5, 5.41) is 5.66. The molecule has 0 unspecified atom stereocenters. The summed E-state index contributed by atoms with van der Waals surface area (Å²) in [5.74, 6) is 0.0190. The van der Waals surface area contributed by atoms with Crippen LogP contribution in [0.5, 0.6) is 0 Å². The Kier molecular flexibility index (Phi) is 5.51. The summed E-state index contributed by atoms with van der Waals surface area (Å²) in [6, 6.07) is 31.3. The molecule has 1 aliphatic carbocycles. The molecule has 0 saturated carbocycles. The van der Waals surface area contributed by atoms with E-state index in [2.05, 4.69) is 64.8 Å². The lowest BCUT2D eigenvalue weighted by atomic mass is 10.0. The van der Waals surface area contributed by atoms with Crippen LogP contribution in [-0.4, -0.2) is 17.4 Å². The molecule has 3 nitrogen and oxygen atoms in total. The fraction of sp³-hybridized carbons (Fsp3) is 0.179. The average molecular weight is 407 g/mol. The van der Waals surface area contributed by atoms with Gasteiger partial charge in [-0.15, -0.1) is 0 Å². The molecule has 1 amide bonds. The summed E-state index contributed by atoms with van der Waals surface area (Å²) in [7, 11) is 0. The Labute approximate surface area is 183 Å². The van der Waals surface area contributed by atoms with E-state index in [1.807, 2.05) is 36.4 Å². The van der Waals surface area contributed by atoms with E-state index < -0.39 is 0 Å². The van der Waals surface area contributed by atoms with Crippen molar-refractivity contribution in [3.63, 3.8) is 0 Å². The van der Waals surface area contributed by atoms with Crippen molar-refractivity contribution >= 4 is 22.4 Å². The van der Waals surface area contributed by atoms with Crippen LogP contribution in [0.4, 0.5) is 5.69 Å². The van der Waals surface area contributed by atoms with E-state index in [1.165, 1.54) is 27.6 Å². The molecule has 0 aromatic heterocycles. The number of carbonyl (C=O) groups is 1. The Morgan fingerprint density at radius 3 is 1.97 bits per heavy atom. The van der Waals surface area contributed by atoms with Gasteiger partial charge in [0.15, 0.2) is 0 Å². The van der Waals surface area contributed by atoms with Gasteiger partial charge >= 0.3 is 0 Å². The zero-order valence-corrected chi connectivity index (χ0v) is 17.6. The smallest absolute Gasteiger partial charge is 0.238 e. The summed E-state index contributed by atoms with van der Waals surface area (Å²) in [6.45, 7) is 1.80. The molecule has 0 spiro atoms. The van der Waals surface area contributed by atoms with Gasteiger partial charge in [0.2, 0.25) is 5.91 Å². The van der Waals surface area contributed by atoms with Crippen LogP contribution in [0.25, 0.3) is 10.8 Å². The van der Waals surface area contributed by atoms with Crippen molar-refractivity contribution in [3.05, 3.63) is 113 Å². The topological polar surface area (TPSA) is 32.3 Å². The van der Waals surface area contributed by atoms with Gasteiger partial charge in [0.25, 0.3) is 0 Å². The van der Waals surface area contributed by atoms with E-state index in [0.717, 1.165) is 37.0 Å². The van der Waals surface area contributed by atoms with Gasteiger partial charge in [-0.25, -0.2) is 0 Å². The number of rotatable bonds is 7. The number of anilines is 1. The third-order valence-corrected chi connectivity index (χ3v) is 6.02.